The van der Waals surface area contributed by atoms with Gasteiger partial charge in [0.2, 0.25) is 5.91 Å². The fourth-order valence-electron chi connectivity index (χ4n) is 4.95. The smallest absolute Gasteiger partial charge is 0.256 e. The Labute approximate surface area is 169 Å². The SMILES string of the molecule is CC(=O)N1CCC[C@@H]2N(C(=O)c3cccnc3-c3scnc3C)CCC[C@@]21C. The summed E-state index contributed by atoms with van der Waals surface area (Å²) >= 11 is 1.51. The third-order valence-electron chi connectivity index (χ3n) is 6.29. The molecule has 2 aliphatic heterocycles. The second-order valence-electron chi connectivity index (χ2n) is 7.95. The largest absolute Gasteiger partial charge is 0.335 e. The van der Waals surface area contributed by atoms with Crippen molar-refractivity contribution in [2.75, 3.05) is 13.1 Å². The average Bonchev–Trinajstić information content (AvgIpc) is 3.11. The standard InChI is InChI=1S/C21H26N4O2S/c1-14-19(28-13-23-14)18-16(7-4-10-22-18)20(27)24-11-6-9-21(3)17(24)8-5-12-25(21)15(2)26/h4,7,10,13,17H,5-6,8-9,11-12H2,1-3H3/t17-,21-/m0/s1. The van der Waals surface area contributed by atoms with Crippen LogP contribution in [0.2, 0.25) is 0 Å². The van der Waals surface area contributed by atoms with Crippen LogP contribution in [0.5, 0.6) is 0 Å². The third kappa shape index (κ3) is 3.02. The number of amides is 2. The minimum atomic E-state index is -0.291. The molecule has 2 atom stereocenters. The molecule has 0 aromatic carbocycles. The molecule has 2 aliphatic rings. The molecule has 28 heavy (non-hydrogen) atoms. The number of nitrogens with zero attached hydrogens (tertiary/aromatic N) is 4. The van der Waals surface area contributed by atoms with Gasteiger partial charge in [0.15, 0.2) is 0 Å². The first-order chi connectivity index (χ1) is 13.4. The summed E-state index contributed by atoms with van der Waals surface area (Å²) in [5, 5.41) is 0. The van der Waals surface area contributed by atoms with E-state index in [1.54, 1.807) is 18.6 Å². The molecule has 0 unspecified atom stereocenters. The van der Waals surface area contributed by atoms with Crippen molar-refractivity contribution >= 4 is 23.2 Å². The van der Waals surface area contributed by atoms with Gasteiger partial charge >= 0.3 is 0 Å². The Hall–Kier alpha value is -2.28. The van der Waals surface area contributed by atoms with Gasteiger partial charge in [-0.15, -0.1) is 11.3 Å². The predicted molar refractivity (Wildman–Crippen MR) is 109 cm³/mol. The fourth-order valence-corrected chi connectivity index (χ4v) is 5.76. The number of likely N-dealkylation sites (tertiary alicyclic amines) is 2. The molecule has 2 fully saturated rings. The number of pyridine rings is 1. The van der Waals surface area contributed by atoms with Gasteiger partial charge in [0.1, 0.15) is 0 Å². The lowest BCUT2D eigenvalue weighted by Gasteiger charge is -2.56. The number of carbonyl (C=O) groups is 2. The molecule has 2 saturated heterocycles. The van der Waals surface area contributed by atoms with E-state index in [0.717, 1.165) is 49.3 Å². The van der Waals surface area contributed by atoms with Crippen LogP contribution in [0, 0.1) is 6.92 Å². The Bertz CT molecular complexity index is 911. The fraction of sp³-hybridized carbons (Fsp3) is 0.524. The van der Waals surface area contributed by atoms with Crippen LogP contribution in [0.15, 0.2) is 23.8 Å². The van der Waals surface area contributed by atoms with Crippen LogP contribution in [-0.2, 0) is 4.79 Å². The monoisotopic (exact) mass is 398 g/mol. The van der Waals surface area contributed by atoms with Gasteiger partial charge in [-0.25, -0.2) is 4.98 Å². The molecule has 2 aromatic rings. The van der Waals surface area contributed by atoms with Gasteiger partial charge in [-0.05, 0) is 51.7 Å². The molecule has 6 nitrogen and oxygen atoms in total. The molecule has 0 N–H and O–H groups in total. The maximum absolute atomic E-state index is 13.7. The molecule has 0 spiro atoms. The van der Waals surface area contributed by atoms with E-state index in [-0.39, 0.29) is 23.4 Å². The predicted octanol–water partition coefficient (Wildman–Crippen LogP) is 3.52. The number of carbonyl (C=O) groups excluding carboxylic acids is 2. The van der Waals surface area contributed by atoms with E-state index < -0.39 is 0 Å². The molecule has 2 aromatic heterocycles. The highest BCUT2D eigenvalue weighted by atomic mass is 32.1. The minimum absolute atomic E-state index is 0.0113. The minimum Gasteiger partial charge on any atom is -0.335 e. The van der Waals surface area contributed by atoms with E-state index >= 15 is 0 Å². The first-order valence-electron chi connectivity index (χ1n) is 9.88. The number of piperidine rings is 2. The third-order valence-corrected chi connectivity index (χ3v) is 7.23. The van der Waals surface area contributed by atoms with Crippen molar-refractivity contribution in [3.63, 3.8) is 0 Å². The van der Waals surface area contributed by atoms with E-state index in [1.165, 1.54) is 11.3 Å². The normalized spacial score (nSPS) is 24.8. The lowest BCUT2D eigenvalue weighted by molar-refractivity contribution is -0.143. The Balaban J connectivity index is 1.71. The second-order valence-corrected chi connectivity index (χ2v) is 8.81. The number of hydrogen-bond acceptors (Lipinski definition) is 5. The van der Waals surface area contributed by atoms with Gasteiger partial charge < -0.3 is 9.80 Å². The Morgan fingerprint density at radius 2 is 2.07 bits per heavy atom. The molecule has 7 heteroatoms. The van der Waals surface area contributed by atoms with Crippen molar-refractivity contribution in [2.45, 2.75) is 58.0 Å². The summed E-state index contributed by atoms with van der Waals surface area (Å²) < 4.78 is 0. The topological polar surface area (TPSA) is 66.4 Å². The maximum Gasteiger partial charge on any atom is 0.256 e. The number of fused-ring (bicyclic) bond motifs is 1. The summed E-state index contributed by atoms with van der Waals surface area (Å²) in [6, 6.07) is 3.72. The van der Waals surface area contributed by atoms with Crippen LogP contribution in [0.4, 0.5) is 0 Å². The van der Waals surface area contributed by atoms with Gasteiger partial charge in [0.25, 0.3) is 5.91 Å². The zero-order valence-corrected chi connectivity index (χ0v) is 17.5. The molecule has 0 bridgehead atoms. The van der Waals surface area contributed by atoms with Gasteiger partial charge in [-0.2, -0.15) is 0 Å². The van der Waals surface area contributed by atoms with Crippen molar-refractivity contribution in [2.24, 2.45) is 0 Å². The van der Waals surface area contributed by atoms with E-state index in [1.807, 2.05) is 28.9 Å². The van der Waals surface area contributed by atoms with E-state index in [2.05, 4.69) is 16.9 Å². The highest BCUT2D eigenvalue weighted by molar-refractivity contribution is 7.13. The van der Waals surface area contributed by atoms with Gasteiger partial charge in [-0.1, -0.05) is 0 Å². The van der Waals surface area contributed by atoms with Crippen LogP contribution in [-0.4, -0.2) is 56.3 Å². The summed E-state index contributed by atoms with van der Waals surface area (Å²) in [5.74, 6) is 0.112. The average molecular weight is 399 g/mol. The summed E-state index contributed by atoms with van der Waals surface area (Å²) in [4.78, 5) is 39.7. The van der Waals surface area contributed by atoms with E-state index in [4.69, 9.17) is 0 Å². The molecular formula is C21H26N4O2S. The number of aryl methyl sites for hydroxylation is 1. The van der Waals surface area contributed by atoms with Gasteiger partial charge in [-0.3, -0.25) is 14.6 Å². The second kappa shape index (κ2) is 7.28. The van der Waals surface area contributed by atoms with Crippen molar-refractivity contribution in [1.29, 1.82) is 0 Å². The van der Waals surface area contributed by atoms with E-state index in [9.17, 15) is 9.59 Å². The zero-order chi connectivity index (χ0) is 19.9. The highest BCUT2D eigenvalue weighted by Gasteiger charge is 2.49. The van der Waals surface area contributed by atoms with Crippen molar-refractivity contribution in [1.82, 2.24) is 19.8 Å². The number of rotatable bonds is 2. The summed E-state index contributed by atoms with van der Waals surface area (Å²) in [6.07, 6.45) is 5.43. The molecule has 0 radical (unpaired) electrons. The number of thiazole rings is 1. The van der Waals surface area contributed by atoms with Gasteiger partial charge in [0.05, 0.1) is 38.9 Å². The molecule has 0 saturated carbocycles. The first-order valence-corrected chi connectivity index (χ1v) is 10.8. The van der Waals surface area contributed by atoms with Crippen molar-refractivity contribution in [3.8, 4) is 10.6 Å². The van der Waals surface area contributed by atoms with Crippen LogP contribution in [0.1, 0.15) is 55.6 Å². The van der Waals surface area contributed by atoms with Crippen LogP contribution in [0.25, 0.3) is 10.6 Å². The molecule has 4 heterocycles. The Kier molecular flexibility index (Phi) is 4.95. The van der Waals surface area contributed by atoms with E-state index in [0.29, 0.717) is 11.3 Å². The molecule has 148 valence electrons. The lowest BCUT2D eigenvalue weighted by atomic mass is 9.75. The molecule has 2 amide bonds. The molecule has 4 rings (SSSR count). The van der Waals surface area contributed by atoms with Crippen molar-refractivity contribution < 1.29 is 9.59 Å². The zero-order valence-electron chi connectivity index (χ0n) is 16.6. The van der Waals surface area contributed by atoms with Gasteiger partial charge in [0, 0.05) is 26.2 Å². The van der Waals surface area contributed by atoms with Crippen LogP contribution < -0.4 is 0 Å². The molecule has 0 aliphatic carbocycles. The first kappa shape index (κ1) is 19.1. The number of hydrogen-bond donors (Lipinski definition) is 0. The summed E-state index contributed by atoms with van der Waals surface area (Å²) in [7, 11) is 0. The number of aromatic nitrogens is 2. The Morgan fingerprint density at radius 1 is 1.25 bits per heavy atom. The quantitative estimate of drug-likeness (QED) is 0.776. The lowest BCUT2D eigenvalue weighted by Crippen LogP contribution is -2.68. The van der Waals surface area contributed by atoms with Crippen LogP contribution in [0.3, 0.4) is 0 Å². The summed E-state index contributed by atoms with van der Waals surface area (Å²) in [5.41, 5.74) is 3.72. The summed E-state index contributed by atoms with van der Waals surface area (Å²) in [6.45, 7) is 7.23. The highest BCUT2D eigenvalue weighted by Crippen LogP contribution is 2.40. The molecular weight excluding hydrogens is 372 g/mol. The van der Waals surface area contributed by atoms with Crippen LogP contribution >= 0.6 is 11.3 Å². The maximum atomic E-state index is 13.7. The Morgan fingerprint density at radius 3 is 2.79 bits per heavy atom. The van der Waals surface area contributed by atoms with Crippen molar-refractivity contribution in [3.05, 3.63) is 35.1 Å².